The molecule has 1 heterocycles. The Hall–Kier alpha value is -1.69. The smallest absolute Gasteiger partial charge is 0.137 e. The van der Waals surface area contributed by atoms with Crippen LogP contribution in [0.4, 0.5) is 5.82 Å². The average Bonchev–Trinajstić information content (AvgIpc) is 2.56. The number of nitrogens with one attached hydrogen (secondary N) is 1. The van der Waals surface area contributed by atoms with Gasteiger partial charge in [0.05, 0.1) is 5.52 Å². The van der Waals surface area contributed by atoms with Crippen molar-refractivity contribution in [3.05, 3.63) is 64.0 Å². The van der Waals surface area contributed by atoms with Gasteiger partial charge in [-0.05, 0) is 65.6 Å². The summed E-state index contributed by atoms with van der Waals surface area (Å²) >= 11 is 2.32. The Labute approximate surface area is 144 Å². The molecule has 22 heavy (non-hydrogen) atoms. The van der Waals surface area contributed by atoms with Gasteiger partial charge in [-0.15, -0.1) is 0 Å². The van der Waals surface area contributed by atoms with E-state index in [4.69, 9.17) is 0 Å². The number of aryl methyl sites for hydroxylation is 1. The van der Waals surface area contributed by atoms with Crippen LogP contribution in [0, 0.1) is 3.57 Å². The van der Waals surface area contributed by atoms with Gasteiger partial charge in [0.1, 0.15) is 12.1 Å². The van der Waals surface area contributed by atoms with Gasteiger partial charge >= 0.3 is 0 Å². The molecule has 0 amide bonds. The van der Waals surface area contributed by atoms with Gasteiger partial charge in [-0.25, -0.2) is 9.97 Å². The van der Waals surface area contributed by atoms with Crippen LogP contribution in [0.5, 0.6) is 0 Å². The maximum absolute atomic E-state index is 4.38. The molecule has 1 N–H and O–H groups in total. The molecule has 0 unspecified atom stereocenters. The summed E-state index contributed by atoms with van der Waals surface area (Å²) in [6.45, 7) is 0.935. The molecule has 2 aromatic carbocycles. The molecule has 0 radical (unpaired) electrons. The highest BCUT2D eigenvalue weighted by atomic mass is 127. The van der Waals surface area contributed by atoms with E-state index in [1.165, 1.54) is 15.6 Å². The lowest BCUT2D eigenvalue weighted by molar-refractivity contribution is 0.762. The summed E-state index contributed by atoms with van der Waals surface area (Å²) in [5.74, 6) is 0.934. The molecule has 4 heteroatoms. The molecule has 0 bridgehead atoms. The summed E-state index contributed by atoms with van der Waals surface area (Å²) in [7, 11) is 0. The van der Waals surface area contributed by atoms with E-state index in [0.717, 1.165) is 36.1 Å². The molecule has 3 aromatic rings. The van der Waals surface area contributed by atoms with E-state index in [1.54, 1.807) is 6.33 Å². The first-order chi connectivity index (χ1) is 10.8. The van der Waals surface area contributed by atoms with E-state index in [2.05, 4.69) is 80.3 Å². The molecule has 0 aliphatic heterocycles. The topological polar surface area (TPSA) is 37.8 Å². The Kier molecular flexibility index (Phi) is 5.21. The zero-order valence-corrected chi connectivity index (χ0v) is 14.5. The first-order valence-corrected chi connectivity index (χ1v) is 8.59. The fourth-order valence-electron chi connectivity index (χ4n) is 2.48. The number of nitrogens with zero attached hydrogens (tertiary/aromatic N) is 2. The van der Waals surface area contributed by atoms with Crippen LogP contribution in [0.3, 0.4) is 0 Å². The molecule has 0 fully saturated rings. The van der Waals surface area contributed by atoms with Gasteiger partial charge in [-0.2, -0.15) is 0 Å². The lowest BCUT2D eigenvalue weighted by Gasteiger charge is -2.08. The number of hydrogen-bond donors (Lipinski definition) is 1. The first kappa shape index (κ1) is 15.2. The minimum Gasteiger partial charge on any atom is -0.369 e. The van der Waals surface area contributed by atoms with E-state index in [1.807, 2.05) is 6.07 Å². The minimum absolute atomic E-state index is 0.934. The van der Waals surface area contributed by atoms with Crippen LogP contribution >= 0.6 is 22.6 Å². The van der Waals surface area contributed by atoms with Gasteiger partial charge in [-0.1, -0.05) is 30.3 Å². The summed E-state index contributed by atoms with van der Waals surface area (Å²) in [5, 5.41) is 4.54. The molecule has 0 aliphatic carbocycles. The van der Waals surface area contributed by atoms with Gasteiger partial charge in [0.2, 0.25) is 0 Å². The third kappa shape index (κ3) is 3.94. The van der Waals surface area contributed by atoms with Crippen molar-refractivity contribution in [2.75, 3.05) is 11.9 Å². The molecule has 0 saturated heterocycles. The van der Waals surface area contributed by atoms with Crippen LogP contribution in [0.1, 0.15) is 18.4 Å². The minimum atomic E-state index is 0.934. The fourth-order valence-corrected chi connectivity index (χ4v) is 2.97. The van der Waals surface area contributed by atoms with Crippen LogP contribution in [-0.4, -0.2) is 16.5 Å². The number of benzene rings is 2. The number of halogens is 1. The molecule has 3 rings (SSSR count). The molecule has 0 spiro atoms. The number of anilines is 1. The van der Waals surface area contributed by atoms with Crippen LogP contribution in [0.25, 0.3) is 10.9 Å². The quantitative estimate of drug-likeness (QED) is 0.480. The van der Waals surface area contributed by atoms with E-state index in [0.29, 0.717) is 0 Å². The highest BCUT2D eigenvalue weighted by Crippen LogP contribution is 2.21. The summed E-state index contributed by atoms with van der Waals surface area (Å²) in [5.41, 5.74) is 2.40. The summed E-state index contributed by atoms with van der Waals surface area (Å²) < 4.78 is 1.20. The van der Waals surface area contributed by atoms with Crippen molar-refractivity contribution in [1.82, 2.24) is 9.97 Å². The zero-order valence-electron chi connectivity index (χ0n) is 12.3. The highest BCUT2D eigenvalue weighted by molar-refractivity contribution is 14.1. The SMILES string of the molecule is Ic1ccc2ncnc(NCCCCc3ccccc3)c2c1. The second-order valence-corrected chi connectivity index (χ2v) is 6.50. The molecular formula is C18H18IN3. The third-order valence-corrected chi connectivity index (χ3v) is 4.30. The van der Waals surface area contributed by atoms with Gasteiger partial charge in [-0.3, -0.25) is 0 Å². The van der Waals surface area contributed by atoms with Crippen molar-refractivity contribution < 1.29 is 0 Å². The normalized spacial score (nSPS) is 10.8. The van der Waals surface area contributed by atoms with E-state index in [9.17, 15) is 0 Å². The van der Waals surface area contributed by atoms with Crippen LogP contribution in [0.15, 0.2) is 54.9 Å². The van der Waals surface area contributed by atoms with Crippen molar-refractivity contribution in [3.63, 3.8) is 0 Å². The second kappa shape index (κ2) is 7.54. The predicted molar refractivity (Wildman–Crippen MR) is 100 cm³/mol. The average molecular weight is 403 g/mol. The largest absolute Gasteiger partial charge is 0.369 e. The highest BCUT2D eigenvalue weighted by Gasteiger charge is 2.03. The van der Waals surface area contributed by atoms with Crippen molar-refractivity contribution >= 4 is 39.3 Å². The maximum atomic E-state index is 4.38. The van der Waals surface area contributed by atoms with Crippen LogP contribution < -0.4 is 5.32 Å². The molecule has 0 aliphatic rings. The molecule has 0 saturated carbocycles. The van der Waals surface area contributed by atoms with E-state index >= 15 is 0 Å². The van der Waals surface area contributed by atoms with Gasteiger partial charge in [0, 0.05) is 15.5 Å². The standard InChI is InChI=1S/C18H18IN3/c19-15-9-10-17-16(12-15)18(22-13-21-17)20-11-5-4-8-14-6-2-1-3-7-14/h1-3,6-7,9-10,12-13H,4-5,8,11H2,(H,20,21,22). The van der Waals surface area contributed by atoms with Crippen molar-refractivity contribution in [2.24, 2.45) is 0 Å². The Balaban J connectivity index is 1.55. The molecular weight excluding hydrogens is 385 g/mol. The fraction of sp³-hybridized carbons (Fsp3) is 0.222. The zero-order chi connectivity index (χ0) is 15.2. The van der Waals surface area contributed by atoms with Crippen molar-refractivity contribution in [3.8, 4) is 0 Å². The second-order valence-electron chi connectivity index (χ2n) is 5.25. The van der Waals surface area contributed by atoms with Gasteiger partial charge in [0.25, 0.3) is 0 Å². The summed E-state index contributed by atoms with van der Waals surface area (Å²) in [4.78, 5) is 8.69. The lowest BCUT2D eigenvalue weighted by Crippen LogP contribution is -2.05. The number of rotatable bonds is 6. The Morgan fingerprint density at radius 3 is 2.68 bits per heavy atom. The third-order valence-electron chi connectivity index (χ3n) is 3.62. The van der Waals surface area contributed by atoms with E-state index in [-0.39, 0.29) is 0 Å². The monoisotopic (exact) mass is 403 g/mol. The van der Waals surface area contributed by atoms with Crippen molar-refractivity contribution in [1.29, 1.82) is 0 Å². The number of hydrogen-bond acceptors (Lipinski definition) is 3. The van der Waals surface area contributed by atoms with Crippen LogP contribution in [0.2, 0.25) is 0 Å². The lowest BCUT2D eigenvalue weighted by atomic mass is 10.1. The predicted octanol–water partition coefficient (Wildman–Crippen LogP) is 4.67. The van der Waals surface area contributed by atoms with Gasteiger partial charge in [0.15, 0.2) is 0 Å². The number of fused-ring (bicyclic) bond motifs is 1. The summed E-state index contributed by atoms with van der Waals surface area (Å²) in [6, 6.07) is 16.9. The maximum Gasteiger partial charge on any atom is 0.137 e. The Morgan fingerprint density at radius 1 is 0.955 bits per heavy atom. The first-order valence-electron chi connectivity index (χ1n) is 7.51. The molecule has 3 nitrogen and oxygen atoms in total. The van der Waals surface area contributed by atoms with Crippen LogP contribution in [-0.2, 0) is 6.42 Å². The molecule has 0 atom stereocenters. The van der Waals surface area contributed by atoms with Crippen molar-refractivity contribution in [2.45, 2.75) is 19.3 Å². The summed E-state index contributed by atoms with van der Waals surface area (Å²) in [6.07, 6.45) is 5.06. The Morgan fingerprint density at radius 2 is 1.82 bits per heavy atom. The van der Waals surface area contributed by atoms with Gasteiger partial charge < -0.3 is 5.32 Å². The number of aromatic nitrogens is 2. The molecule has 1 aromatic heterocycles. The van der Waals surface area contributed by atoms with E-state index < -0.39 is 0 Å². The molecule has 112 valence electrons. The number of unbranched alkanes of at least 4 members (excludes halogenated alkanes) is 1. The Bertz CT molecular complexity index is 744.